The fraction of sp³-hybridized carbons (Fsp3) is 0. The molecule has 2 aromatic rings. The Hall–Kier alpha value is -1.68. The maximum atomic E-state index is 13.6. The molecule has 2 nitrogen and oxygen atoms in total. The van der Waals surface area contributed by atoms with Gasteiger partial charge in [0.1, 0.15) is 5.82 Å². The lowest BCUT2D eigenvalue weighted by atomic mass is 10.0. The molecule has 0 aliphatic heterocycles. The minimum absolute atomic E-state index is 0.332. The molecule has 0 saturated heterocycles. The molecule has 4 heteroatoms. The molecule has 0 heterocycles. The highest BCUT2D eigenvalue weighted by atomic mass is 79.9. The molecule has 0 saturated carbocycles. The fourth-order valence-electron chi connectivity index (χ4n) is 1.58. The van der Waals surface area contributed by atoms with Gasteiger partial charge in [0.05, 0.1) is 0 Å². The minimum Gasteiger partial charge on any atom is -0.366 e. The Morgan fingerprint density at radius 1 is 1.18 bits per heavy atom. The first-order valence-electron chi connectivity index (χ1n) is 4.93. The van der Waals surface area contributed by atoms with Crippen LogP contribution in [0, 0.1) is 5.82 Å². The van der Waals surface area contributed by atoms with Crippen molar-refractivity contribution in [3.8, 4) is 11.1 Å². The summed E-state index contributed by atoms with van der Waals surface area (Å²) in [4.78, 5) is 11.1. The summed E-state index contributed by atoms with van der Waals surface area (Å²) in [5, 5.41) is 0. The van der Waals surface area contributed by atoms with Gasteiger partial charge >= 0.3 is 0 Å². The highest BCUT2D eigenvalue weighted by Crippen LogP contribution is 2.27. The van der Waals surface area contributed by atoms with Gasteiger partial charge in [-0.3, -0.25) is 4.79 Å². The Morgan fingerprint density at radius 2 is 1.88 bits per heavy atom. The second-order valence-electron chi connectivity index (χ2n) is 3.57. The molecule has 0 aliphatic rings. The van der Waals surface area contributed by atoms with Crippen molar-refractivity contribution >= 4 is 21.8 Å². The average Bonchev–Trinajstić information content (AvgIpc) is 2.28. The molecule has 0 aliphatic carbocycles. The smallest absolute Gasteiger partial charge is 0.248 e. The van der Waals surface area contributed by atoms with Crippen LogP contribution in [-0.4, -0.2) is 5.91 Å². The van der Waals surface area contributed by atoms with Crippen LogP contribution in [0.1, 0.15) is 10.4 Å². The van der Waals surface area contributed by atoms with Gasteiger partial charge in [-0.15, -0.1) is 0 Å². The number of primary amides is 1. The zero-order chi connectivity index (χ0) is 12.4. The van der Waals surface area contributed by atoms with Crippen LogP contribution in [0.5, 0.6) is 0 Å². The normalized spacial score (nSPS) is 10.2. The van der Waals surface area contributed by atoms with Crippen LogP contribution in [0.15, 0.2) is 46.9 Å². The largest absolute Gasteiger partial charge is 0.366 e. The zero-order valence-electron chi connectivity index (χ0n) is 8.78. The van der Waals surface area contributed by atoms with E-state index in [9.17, 15) is 9.18 Å². The van der Waals surface area contributed by atoms with Gasteiger partial charge in [-0.05, 0) is 29.8 Å². The van der Waals surface area contributed by atoms with E-state index in [0.717, 1.165) is 0 Å². The highest BCUT2D eigenvalue weighted by Gasteiger charge is 2.08. The SMILES string of the molecule is NC(=O)c1cc(Br)cc(-c2ccccc2F)c1. The first kappa shape index (κ1) is 11.8. The van der Waals surface area contributed by atoms with Crippen molar-refractivity contribution in [3.63, 3.8) is 0 Å². The highest BCUT2D eigenvalue weighted by molar-refractivity contribution is 9.10. The summed E-state index contributed by atoms with van der Waals surface area (Å²) in [6, 6.07) is 11.3. The number of halogens is 2. The zero-order valence-corrected chi connectivity index (χ0v) is 10.4. The van der Waals surface area contributed by atoms with E-state index in [1.165, 1.54) is 6.07 Å². The summed E-state index contributed by atoms with van der Waals surface area (Å²) in [5.41, 5.74) is 6.62. The van der Waals surface area contributed by atoms with Gasteiger partial charge in [-0.1, -0.05) is 34.1 Å². The van der Waals surface area contributed by atoms with Crippen molar-refractivity contribution in [2.24, 2.45) is 5.73 Å². The summed E-state index contributed by atoms with van der Waals surface area (Å²) >= 11 is 3.27. The summed E-state index contributed by atoms with van der Waals surface area (Å²) in [5.74, 6) is -0.870. The maximum Gasteiger partial charge on any atom is 0.248 e. The lowest BCUT2D eigenvalue weighted by Gasteiger charge is -2.06. The van der Waals surface area contributed by atoms with Gasteiger partial charge in [0.2, 0.25) is 5.91 Å². The van der Waals surface area contributed by atoms with Crippen molar-refractivity contribution in [2.75, 3.05) is 0 Å². The van der Waals surface area contributed by atoms with Gasteiger partial charge in [0.25, 0.3) is 0 Å². The quantitative estimate of drug-likeness (QED) is 0.906. The van der Waals surface area contributed by atoms with Crippen molar-refractivity contribution in [1.82, 2.24) is 0 Å². The Bertz CT molecular complexity index is 583. The Labute approximate surface area is 106 Å². The van der Waals surface area contributed by atoms with Crippen molar-refractivity contribution < 1.29 is 9.18 Å². The number of carbonyl (C=O) groups is 1. The number of rotatable bonds is 2. The molecule has 0 radical (unpaired) electrons. The van der Waals surface area contributed by atoms with Gasteiger partial charge in [0, 0.05) is 15.6 Å². The topological polar surface area (TPSA) is 43.1 Å². The van der Waals surface area contributed by atoms with E-state index in [1.807, 2.05) is 0 Å². The fourth-order valence-corrected chi connectivity index (χ4v) is 2.08. The third kappa shape index (κ3) is 2.53. The molecule has 2 N–H and O–H groups in total. The first-order valence-corrected chi connectivity index (χ1v) is 5.72. The van der Waals surface area contributed by atoms with E-state index >= 15 is 0 Å². The minimum atomic E-state index is -0.538. The van der Waals surface area contributed by atoms with E-state index in [1.54, 1.807) is 36.4 Å². The predicted molar refractivity (Wildman–Crippen MR) is 68.1 cm³/mol. The average molecular weight is 294 g/mol. The predicted octanol–water partition coefficient (Wildman–Crippen LogP) is 3.35. The molecular formula is C13H9BrFNO. The summed E-state index contributed by atoms with van der Waals surface area (Å²) < 4.78 is 14.3. The standard InChI is InChI=1S/C13H9BrFNO/c14-10-6-8(5-9(7-10)13(16)17)11-3-1-2-4-12(11)15/h1-7H,(H2,16,17). The second kappa shape index (κ2) is 4.67. The molecule has 0 fully saturated rings. The third-order valence-electron chi connectivity index (χ3n) is 2.37. The molecule has 0 atom stereocenters. The number of amides is 1. The molecule has 2 rings (SSSR count). The summed E-state index contributed by atoms with van der Waals surface area (Å²) in [6.45, 7) is 0. The van der Waals surface area contributed by atoms with E-state index in [4.69, 9.17) is 5.73 Å². The van der Waals surface area contributed by atoms with Crippen molar-refractivity contribution in [2.45, 2.75) is 0 Å². The van der Waals surface area contributed by atoms with Gasteiger partial charge < -0.3 is 5.73 Å². The van der Waals surface area contributed by atoms with Crippen LogP contribution in [0.25, 0.3) is 11.1 Å². The Balaban J connectivity index is 2.60. The van der Waals surface area contributed by atoms with Gasteiger partial charge in [-0.25, -0.2) is 4.39 Å². The molecule has 0 unspecified atom stereocenters. The van der Waals surface area contributed by atoms with Gasteiger partial charge in [-0.2, -0.15) is 0 Å². The second-order valence-corrected chi connectivity index (χ2v) is 4.49. The maximum absolute atomic E-state index is 13.6. The van der Waals surface area contributed by atoms with Crippen LogP contribution in [-0.2, 0) is 0 Å². The molecule has 0 aromatic heterocycles. The lowest BCUT2D eigenvalue weighted by molar-refractivity contribution is 0.100. The number of hydrogen-bond donors (Lipinski definition) is 1. The summed E-state index contributed by atoms with van der Waals surface area (Å²) in [6.07, 6.45) is 0. The Kier molecular flexibility index (Phi) is 3.24. The molecule has 0 bridgehead atoms. The van der Waals surface area contributed by atoms with Crippen LogP contribution in [0.2, 0.25) is 0 Å². The van der Waals surface area contributed by atoms with Crippen LogP contribution >= 0.6 is 15.9 Å². The summed E-state index contributed by atoms with van der Waals surface area (Å²) in [7, 11) is 0. The van der Waals surface area contributed by atoms with Crippen LogP contribution in [0.3, 0.4) is 0 Å². The van der Waals surface area contributed by atoms with Crippen LogP contribution < -0.4 is 5.73 Å². The molecule has 86 valence electrons. The number of nitrogens with two attached hydrogens (primary N) is 1. The number of hydrogen-bond acceptors (Lipinski definition) is 1. The number of benzene rings is 2. The number of carbonyl (C=O) groups excluding carboxylic acids is 1. The lowest BCUT2D eigenvalue weighted by Crippen LogP contribution is -2.10. The van der Waals surface area contributed by atoms with E-state index in [2.05, 4.69) is 15.9 Å². The molecule has 0 spiro atoms. The third-order valence-corrected chi connectivity index (χ3v) is 2.83. The monoisotopic (exact) mass is 293 g/mol. The van der Waals surface area contributed by atoms with Crippen molar-refractivity contribution in [1.29, 1.82) is 0 Å². The first-order chi connectivity index (χ1) is 8.08. The van der Waals surface area contributed by atoms with Crippen LogP contribution in [0.4, 0.5) is 4.39 Å². The molecule has 17 heavy (non-hydrogen) atoms. The van der Waals surface area contributed by atoms with Crippen molar-refractivity contribution in [3.05, 3.63) is 58.3 Å². The van der Waals surface area contributed by atoms with E-state index in [0.29, 0.717) is 21.2 Å². The molecule has 1 amide bonds. The Morgan fingerprint density at radius 3 is 2.53 bits per heavy atom. The van der Waals surface area contributed by atoms with Gasteiger partial charge in [0.15, 0.2) is 0 Å². The molecule has 2 aromatic carbocycles. The van der Waals surface area contributed by atoms with E-state index in [-0.39, 0.29) is 5.82 Å². The van der Waals surface area contributed by atoms with E-state index < -0.39 is 5.91 Å². The molecular weight excluding hydrogens is 285 g/mol.